The second-order valence-electron chi connectivity index (χ2n) is 10.2. The summed E-state index contributed by atoms with van der Waals surface area (Å²) in [6.45, 7) is 0. The van der Waals surface area contributed by atoms with Gasteiger partial charge in [0.05, 0.1) is 36.7 Å². The van der Waals surface area contributed by atoms with Crippen molar-refractivity contribution in [3.8, 4) is 34.1 Å². The highest BCUT2D eigenvalue weighted by atomic mass is 16.5. The maximum Gasteiger partial charge on any atom is 0.259 e. The normalized spacial score (nSPS) is 10.9. The zero-order valence-corrected chi connectivity index (χ0v) is 23.9. The summed E-state index contributed by atoms with van der Waals surface area (Å²) >= 11 is 0. The zero-order chi connectivity index (χ0) is 30.8. The van der Waals surface area contributed by atoms with Crippen LogP contribution in [-0.2, 0) is 0 Å². The van der Waals surface area contributed by atoms with Gasteiger partial charge in [-0.25, -0.2) is 0 Å². The van der Waals surface area contributed by atoms with Gasteiger partial charge in [-0.15, -0.1) is 0 Å². The van der Waals surface area contributed by atoms with Crippen molar-refractivity contribution < 1.29 is 29.3 Å². The number of carbonyl (C=O) groups excluding carboxylic acids is 2. The molecule has 0 saturated carbocycles. The van der Waals surface area contributed by atoms with E-state index in [1.54, 1.807) is 48.5 Å². The minimum Gasteiger partial charge on any atom is -0.507 e. The number of aromatic hydroxyl groups is 2. The van der Waals surface area contributed by atoms with Gasteiger partial charge in [0.1, 0.15) is 23.0 Å². The van der Waals surface area contributed by atoms with Gasteiger partial charge in [-0.2, -0.15) is 0 Å². The second kappa shape index (κ2) is 11.7. The Morgan fingerprint density at radius 2 is 0.886 bits per heavy atom. The molecule has 2 amide bonds. The van der Waals surface area contributed by atoms with Gasteiger partial charge in [0.25, 0.3) is 11.8 Å². The number of amides is 2. The lowest BCUT2D eigenvalue weighted by Crippen LogP contribution is -2.13. The summed E-state index contributed by atoms with van der Waals surface area (Å²) in [4.78, 5) is 26.2. The van der Waals surface area contributed by atoms with Crippen LogP contribution in [0.2, 0.25) is 0 Å². The van der Waals surface area contributed by atoms with Crippen molar-refractivity contribution in [2.45, 2.75) is 0 Å². The van der Waals surface area contributed by atoms with Crippen molar-refractivity contribution in [1.82, 2.24) is 0 Å². The molecule has 0 saturated heterocycles. The Hall–Kier alpha value is -6.02. The second-order valence-corrected chi connectivity index (χ2v) is 10.2. The standard InChI is InChI=1S/C36H28N2O6/c1-43-33-19-25(11-13-29(33)37-35(41)27-15-21-7-3-5-9-23(21)17-31(27)39)26-12-14-30(34(20-26)44-2)38-36(42)28-16-22-8-4-6-10-24(22)18-32(28)40/h3-20,39-40H,1-2H3,(H,37,41)(H,38,42). The first-order valence-corrected chi connectivity index (χ1v) is 13.8. The van der Waals surface area contributed by atoms with Gasteiger partial charge in [0, 0.05) is 0 Å². The third-order valence-corrected chi connectivity index (χ3v) is 7.45. The van der Waals surface area contributed by atoms with Crippen LogP contribution in [0.4, 0.5) is 11.4 Å². The smallest absolute Gasteiger partial charge is 0.259 e. The summed E-state index contributed by atoms with van der Waals surface area (Å²) in [7, 11) is 3.01. The number of ether oxygens (including phenoxy) is 2. The number of methoxy groups -OCH3 is 2. The molecule has 0 aliphatic rings. The molecule has 0 spiro atoms. The van der Waals surface area contributed by atoms with Crippen molar-refractivity contribution in [3.63, 3.8) is 0 Å². The molecule has 8 nitrogen and oxygen atoms in total. The molecule has 4 N–H and O–H groups in total. The van der Waals surface area contributed by atoms with Gasteiger partial charge in [-0.1, -0.05) is 60.7 Å². The van der Waals surface area contributed by atoms with Crippen LogP contribution in [0.15, 0.2) is 109 Å². The lowest BCUT2D eigenvalue weighted by molar-refractivity contribution is 0.101. The summed E-state index contributed by atoms with van der Waals surface area (Å²) in [5, 5.41) is 29.9. The fraction of sp³-hybridized carbons (Fsp3) is 0.0556. The van der Waals surface area contributed by atoms with E-state index < -0.39 is 11.8 Å². The zero-order valence-electron chi connectivity index (χ0n) is 23.9. The highest BCUT2D eigenvalue weighted by molar-refractivity contribution is 6.10. The Balaban J connectivity index is 1.23. The quantitative estimate of drug-likeness (QED) is 0.154. The van der Waals surface area contributed by atoms with Gasteiger partial charge in [-0.05, 0) is 81.2 Å². The lowest BCUT2D eigenvalue weighted by atomic mass is 10.0. The van der Waals surface area contributed by atoms with Crippen LogP contribution in [0.25, 0.3) is 32.7 Å². The number of phenols is 2. The van der Waals surface area contributed by atoms with E-state index in [2.05, 4.69) is 10.6 Å². The minimum atomic E-state index is -0.474. The molecule has 44 heavy (non-hydrogen) atoms. The SMILES string of the molecule is COc1cc(-c2ccc(NC(=O)c3cc4ccccc4cc3O)c(OC)c2)ccc1NC(=O)c1cc2ccccc2cc1O. The van der Waals surface area contributed by atoms with Crippen LogP contribution in [0.1, 0.15) is 20.7 Å². The lowest BCUT2D eigenvalue weighted by Gasteiger charge is -2.15. The Kier molecular flexibility index (Phi) is 7.47. The van der Waals surface area contributed by atoms with Crippen molar-refractivity contribution >= 4 is 44.7 Å². The number of rotatable bonds is 7. The number of fused-ring (bicyclic) bond motifs is 2. The van der Waals surface area contributed by atoms with E-state index in [-0.39, 0.29) is 22.6 Å². The molecule has 0 fully saturated rings. The van der Waals surface area contributed by atoms with Crippen LogP contribution in [0.3, 0.4) is 0 Å². The summed E-state index contributed by atoms with van der Waals surface area (Å²) in [6, 6.07) is 32.0. The van der Waals surface area contributed by atoms with Crippen molar-refractivity contribution in [2.75, 3.05) is 24.9 Å². The molecule has 6 aromatic rings. The van der Waals surface area contributed by atoms with Gasteiger partial charge in [0.2, 0.25) is 0 Å². The summed E-state index contributed by atoms with van der Waals surface area (Å²) in [6.07, 6.45) is 0. The minimum absolute atomic E-state index is 0.119. The van der Waals surface area contributed by atoms with E-state index in [1.807, 2.05) is 60.7 Å². The summed E-state index contributed by atoms with van der Waals surface area (Å²) in [5.41, 5.74) is 2.71. The third-order valence-electron chi connectivity index (χ3n) is 7.45. The van der Waals surface area contributed by atoms with E-state index in [9.17, 15) is 19.8 Å². The highest BCUT2D eigenvalue weighted by Crippen LogP contribution is 2.36. The molecule has 6 rings (SSSR count). The van der Waals surface area contributed by atoms with E-state index in [0.29, 0.717) is 22.9 Å². The van der Waals surface area contributed by atoms with Crippen LogP contribution in [0, 0.1) is 0 Å². The first-order chi connectivity index (χ1) is 21.3. The number of carbonyl (C=O) groups is 2. The van der Waals surface area contributed by atoms with Crippen LogP contribution >= 0.6 is 0 Å². The van der Waals surface area contributed by atoms with Gasteiger partial charge in [0.15, 0.2) is 0 Å². The number of anilines is 2. The molecule has 0 aliphatic heterocycles. The first kappa shape index (κ1) is 28.1. The summed E-state index contributed by atoms with van der Waals surface area (Å²) < 4.78 is 11.2. The maximum atomic E-state index is 13.1. The van der Waals surface area contributed by atoms with E-state index in [4.69, 9.17) is 9.47 Å². The molecule has 0 aliphatic carbocycles. The van der Waals surface area contributed by atoms with E-state index >= 15 is 0 Å². The Labute approximate surface area is 253 Å². The fourth-order valence-electron chi connectivity index (χ4n) is 5.15. The molecule has 0 bridgehead atoms. The maximum absolute atomic E-state index is 13.1. The predicted molar refractivity (Wildman–Crippen MR) is 172 cm³/mol. The Bertz CT molecular complexity index is 1920. The molecule has 218 valence electrons. The van der Waals surface area contributed by atoms with Crippen molar-refractivity contribution in [2.24, 2.45) is 0 Å². The molecule has 0 aromatic heterocycles. The third kappa shape index (κ3) is 5.44. The Morgan fingerprint density at radius 3 is 1.25 bits per heavy atom. The molecule has 0 atom stereocenters. The topological polar surface area (TPSA) is 117 Å². The molecule has 0 heterocycles. The number of hydrogen-bond donors (Lipinski definition) is 4. The monoisotopic (exact) mass is 584 g/mol. The van der Waals surface area contributed by atoms with Gasteiger partial charge < -0.3 is 30.3 Å². The number of hydrogen-bond acceptors (Lipinski definition) is 6. The van der Waals surface area contributed by atoms with E-state index in [0.717, 1.165) is 32.7 Å². The predicted octanol–water partition coefficient (Wildman–Crippen LogP) is 7.59. The summed E-state index contributed by atoms with van der Waals surface area (Å²) in [5.74, 6) is -0.352. The Morgan fingerprint density at radius 1 is 0.523 bits per heavy atom. The first-order valence-electron chi connectivity index (χ1n) is 13.8. The van der Waals surface area contributed by atoms with Crippen molar-refractivity contribution in [1.29, 1.82) is 0 Å². The number of benzene rings is 6. The molecule has 8 heteroatoms. The highest BCUT2D eigenvalue weighted by Gasteiger charge is 2.18. The van der Waals surface area contributed by atoms with Gasteiger partial charge in [-0.3, -0.25) is 9.59 Å². The van der Waals surface area contributed by atoms with Crippen LogP contribution < -0.4 is 20.1 Å². The molecular formula is C36H28N2O6. The van der Waals surface area contributed by atoms with Crippen LogP contribution in [-0.4, -0.2) is 36.2 Å². The molecule has 6 aromatic carbocycles. The van der Waals surface area contributed by atoms with E-state index in [1.165, 1.54) is 14.2 Å². The molecule has 0 unspecified atom stereocenters. The van der Waals surface area contributed by atoms with Crippen molar-refractivity contribution in [3.05, 3.63) is 120 Å². The van der Waals surface area contributed by atoms with Gasteiger partial charge >= 0.3 is 0 Å². The molecular weight excluding hydrogens is 556 g/mol. The largest absolute Gasteiger partial charge is 0.507 e. The number of nitrogens with one attached hydrogen (secondary N) is 2. The number of phenolic OH excluding ortho intramolecular Hbond substituents is 2. The average Bonchev–Trinajstić information content (AvgIpc) is 3.04. The fourth-order valence-corrected chi connectivity index (χ4v) is 5.15. The molecule has 0 radical (unpaired) electrons. The van der Waals surface area contributed by atoms with Crippen LogP contribution in [0.5, 0.6) is 23.0 Å². The average molecular weight is 585 g/mol.